The molecular formula is C26H23F3N2O4S. The van der Waals surface area contributed by atoms with Crippen LogP contribution in [0.15, 0.2) is 83.8 Å². The zero-order valence-corrected chi connectivity index (χ0v) is 19.9. The number of nitrogens with zero attached hydrogens (tertiary/aromatic N) is 2. The van der Waals surface area contributed by atoms with Gasteiger partial charge in [-0.1, -0.05) is 40.6 Å². The smallest absolute Gasteiger partial charge is 0.416 e. The number of piperidine rings is 1. The molecule has 5 rings (SSSR count). The van der Waals surface area contributed by atoms with Gasteiger partial charge in [0, 0.05) is 37.7 Å². The molecule has 6 nitrogen and oxygen atoms in total. The highest BCUT2D eigenvalue weighted by atomic mass is 32.3. The van der Waals surface area contributed by atoms with Gasteiger partial charge >= 0.3 is 6.18 Å². The molecule has 0 bridgehead atoms. The number of rotatable bonds is 3. The standard InChI is InChI=1S/C26H23F3N2O4S/c27-26(28,29)19-7-6-10-21(17-19)36(33,34)30-15-13-25(14-16-30)18-24(32)31(20-8-2-1-3-9-20)22-11-4-5-12-23(22)35-25/h1-12,17H,13-16,18H2. The number of anilines is 2. The number of carbonyl (C=O) groups is 1. The fourth-order valence-corrected chi connectivity index (χ4v) is 6.23. The molecule has 0 saturated carbocycles. The number of amides is 1. The zero-order chi connectivity index (χ0) is 25.6. The van der Waals surface area contributed by atoms with Crippen LogP contribution in [-0.2, 0) is 25.6 Å². The van der Waals surface area contributed by atoms with Gasteiger partial charge in [-0.15, -0.1) is 4.31 Å². The first-order valence-electron chi connectivity index (χ1n) is 11.4. The predicted octanol–water partition coefficient (Wildman–Crippen LogP) is 5.59. The van der Waals surface area contributed by atoms with Gasteiger partial charge in [0.15, 0.2) is 15.3 Å². The second kappa shape index (κ2) is 9.02. The summed E-state index contributed by atoms with van der Waals surface area (Å²) in [5.41, 5.74) is -0.659. The molecule has 3 aromatic rings. The summed E-state index contributed by atoms with van der Waals surface area (Å²) in [4.78, 5) is 14.7. The van der Waals surface area contributed by atoms with Gasteiger partial charge in [-0.25, -0.2) is 0 Å². The largest absolute Gasteiger partial charge is 0.593 e. The van der Waals surface area contributed by atoms with Crippen molar-refractivity contribution in [3.8, 4) is 5.75 Å². The molecule has 2 heterocycles. The highest BCUT2D eigenvalue weighted by Crippen LogP contribution is 2.44. The van der Waals surface area contributed by atoms with E-state index in [4.69, 9.17) is 4.74 Å². The Morgan fingerprint density at radius 3 is 2.28 bits per heavy atom. The molecule has 36 heavy (non-hydrogen) atoms. The molecule has 3 aromatic carbocycles. The quantitative estimate of drug-likeness (QED) is 0.426. The molecular weight excluding hydrogens is 493 g/mol. The van der Waals surface area contributed by atoms with E-state index < -0.39 is 32.6 Å². The molecule has 1 unspecified atom stereocenters. The highest BCUT2D eigenvalue weighted by molar-refractivity contribution is 7.95. The molecule has 0 aliphatic carbocycles. The molecule has 1 amide bonds. The topological polar surface area (TPSA) is 72.9 Å². The number of hydrogen-bond acceptors (Lipinski definition) is 4. The maximum atomic E-state index is 13.5. The van der Waals surface area contributed by atoms with Crippen molar-refractivity contribution in [2.75, 3.05) is 18.0 Å². The molecule has 0 radical (unpaired) electrons. The average Bonchev–Trinajstić information content (AvgIpc) is 2.97. The minimum absolute atomic E-state index is 0.0133. The molecule has 0 aromatic heterocycles. The van der Waals surface area contributed by atoms with E-state index in [1.165, 1.54) is 0 Å². The van der Waals surface area contributed by atoms with Gasteiger partial charge in [-0.2, -0.15) is 13.2 Å². The zero-order valence-electron chi connectivity index (χ0n) is 19.1. The molecule has 1 saturated heterocycles. The molecule has 10 heteroatoms. The van der Waals surface area contributed by atoms with Gasteiger partial charge in [0.05, 0.1) is 17.7 Å². The van der Waals surface area contributed by atoms with E-state index in [1.807, 2.05) is 36.4 Å². The summed E-state index contributed by atoms with van der Waals surface area (Å²) in [7, 11) is -4.15. The Morgan fingerprint density at radius 1 is 0.917 bits per heavy atom. The highest BCUT2D eigenvalue weighted by Gasteiger charge is 2.47. The lowest BCUT2D eigenvalue weighted by molar-refractivity contribution is -0.137. The summed E-state index contributed by atoms with van der Waals surface area (Å²) in [5.74, 6) is 0.335. The van der Waals surface area contributed by atoms with Crippen LogP contribution in [0.25, 0.3) is 0 Å². The number of para-hydroxylation sites is 3. The van der Waals surface area contributed by atoms with Crippen LogP contribution >= 0.6 is 0 Å². The second-order valence-electron chi connectivity index (χ2n) is 8.92. The van der Waals surface area contributed by atoms with Crippen molar-refractivity contribution in [3.05, 3.63) is 84.4 Å². The van der Waals surface area contributed by atoms with Crippen molar-refractivity contribution in [2.45, 2.75) is 35.9 Å². The van der Waals surface area contributed by atoms with Crippen LogP contribution in [0.4, 0.5) is 24.5 Å². The van der Waals surface area contributed by atoms with Crippen molar-refractivity contribution in [3.63, 3.8) is 0 Å². The number of carbonyl (C=O) groups excluding carboxylic acids is 1. The number of fused-ring (bicyclic) bond motifs is 1. The summed E-state index contributed by atoms with van der Waals surface area (Å²) in [6.45, 7) is 0.0265. The van der Waals surface area contributed by atoms with Gasteiger partial charge < -0.3 is 9.29 Å². The maximum absolute atomic E-state index is 13.5. The van der Waals surface area contributed by atoms with Gasteiger partial charge in [-0.3, -0.25) is 9.69 Å². The van der Waals surface area contributed by atoms with E-state index in [2.05, 4.69) is 0 Å². The molecule has 188 valence electrons. The first-order chi connectivity index (χ1) is 17.1. The summed E-state index contributed by atoms with van der Waals surface area (Å²) >= 11 is 0. The third-order valence-electron chi connectivity index (χ3n) is 6.60. The molecule has 2 aliphatic heterocycles. The van der Waals surface area contributed by atoms with Crippen molar-refractivity contribution in [2.24, 2.45) is 0 Å². The fraction of sp³-hybridized carbons (Fsp3) is 0.269. The molecule has 0 N–H and O–H groups in total. The fourth-order valence-electron chi connectivity index (χ4n) is 4.74. The van der Waals surface area contributed by atoms with Crippen molar-refractivity contribution in [1.82, 2.24) is 4.31 Å². The number of ether oxygens (including phenoxy) is 1. The van der Waals surface area contributed by atoms with Gasteiger partial charge in [0.2, 0.25) is 5.91 Å². The Labute approximate surface area is 207 Å². The maximum Gasteiger partial charge on any atom is 0.416 e. The third kappa shape index (κ3) is 4.52. The Balaban J connectivity index is 1.40. The van der Waals surface area contributed by atoms with E-state index in [9.17, 15) is 26.7 Å². The number of alkyl halides is 3. The van der Waals surface area contributed by atoms with E-state index in [0.717, 1.165) is 22.5 Å². The van der Waals surface area contributed by atoms with E-state index >= 15 is 0 Å². The normalized spacial score (nSPS) is 19.8. The van der Waals surface area contributed by atoms with Crippen LogP contribution in [0.2, 0.25) is 0 Å². The lowest BCUT2D eigenvalue weighted by atomic mass is 9.88. The minimum Gasteiger partial charge on any atom is -0.593 e. The number of halogens is 3. The molecule has 1 atom stereocenters. The number of benzene rings is 3. The van der Waals surface area contributed by atoms with E-state index in [0.29, 0.717) is 23.2 Å². The lowest BCUT2D eigenvalue weighted by Crippen LogP contribution is -2.52. The molecule has 1 spiro atoms. The number of sulfonamides is 1. The van der Waals surface area contributed by atoms with Crippen LogP contribution in [-0.4, -0.2) is 33.5 Å². The van der Waals surface area contributed by atoms with Crippen LogP contribution in [0.1, 0.15) is 24.8 Å². The van der Waals surface area contributed by atoms with Crippen molar-refractivity contribution < 1.29 is 31.5 Å². The van der Waals surface area contributed by atoms with Gasteiger partial charge in [-0.05, 0) is 36.4 Å². The Kier molecular flexibility index (Phi) is 6.14. The Hall–Kier alpha value is -3.21. The van der Waals surface area contributed by atoms with E-state index in [-0.39, 0.29) is 38.3 Å². The summed E-state index contributed by atoms with van der Waals surface area (Å²) in [6.07, 6.45) is -4.18. The van der Waals surface area contributed by atoms with Crippen LogP contribution in [0.3, 0.4) is 0 Å². The van der Waals surface area contributed by atoms with Crippen molar-refractivity contribution >= 4 is 27.7 Å². The molecule has 2 aliphatic rings. The van der Waals surface area contributed by atoms with Crippen molar-refractivity contribution in [1.29, 1.82) is 0 Å². The third-order valence-corrected chi connectivity index (χ3v) is 8.50. The Bertz CT molecular complexity index is 1320. The average molecular weight is 517 g/mol. The lowest BCUT2D eigenvalue weighted by Gasteiger charge is -2.40. The number of hydrogen-bond donors (Lipinski definition) is 0. The van der Waals surface area contributed by atoms with Crippen LogP contribution in [0, 0.1) is 0 Å². The summed E-state index contributed by atoms with van der Waals surface area (Å²) < 4.78 is 73.2. The molecule has 1 fully saturated rings. The summed E-state index contributed by atoms with van der Waals surface area (Å²) in [6, 6.07) is 20.1. The van der Waals surface area contributed by atoms with Gasteiger partial charge in [0.1, 0.15) is 11.4 Å². The summed E-state index contributed by atoms with van der Waals surface area (Å²) in [5, 5.41) is 0. The Morgan fingerprint density at radius 2 is 1.58 bits per heavy atom. The second-order valence-corrected chi connectivity index (χ2v) is 10.9. The van der Waals surface area contributed by atoms with Crippen LogP contribution < -0.4 is 9.64 Å². The minimum atomic E-state index is -4.65. The van der Waals surface area contributed by atoms with Gasteiger partial charge in [0.25, 0.3) is 0 Å². The monoisotopic (exact) mass is 516 g/mol. The van der Waals surface area contributed by atoms with Crippen LogP contribution in [0.5, 0.6) is 5.75 Å². The first kappa shape index (κ1) is 24.5. The van der Waals surface area contributed by atoms with E-state index in [1.54, 1.807) is 23.1 Å². The first-order valence-corrected chi connectivity index (χ1v) is 12.9. The SMILES string of the molecule is O=C1CC2(CCN([S+](=O)([O-])c3cccc(C(F)(F)F)c3)CC2)Oc2ccccc2N1c1ccccc1. The predicted molar refractivity (Wildman–Crippen MR) is 127 cm³/mol.